The minimum Gasteiger partial charge on any atom is -0.509 e. The number of aromatic nitrogens is 4. The molecule has 3 aromatic heterocycles. The first-order valence-electron chi connectivity index (χ1n) is 15.6. The predicted molar refractivity (Wildman–Crippen MR) is 183 cm³/mol. The van der Waals surface area contributed by atoms with Crippen molar-refractivity contribution in [3.8, 4) is 34.1 Å². The maximum Gasteiger partial charge on any atom is 2.00 e. The monoisotopic (exact) mass is 783 g/mol. The summed E-state index contributed by atoms with van der Waals surface area (Å²) in [6.45, 7) is 13.3. The molecule has 0 aliphatic heterocycles. The van der Waals surface area contributed by atoms with Gasteiger partial charge >= 0.3 is 21.1 Å². The molecule has 5 nitrogen and oxygen atoms in total. The molecule has 0 amide bonds. The first-order valence-corrected chi connectivity index (χ1v) is 15.6. The number of nitrogens with zero attached hydrogens (tertiary/aromatic N) is 4. The van der Waals surface area contributed by atoms with Gasteiger partial charge in [0.15, 0.2) is 0 Å². The maximum absolute atomic E-state index is 6.38. The number of pyridine rings is 1. The van der Waals surface area contributed by atoms with E-state index in [1.807, 2.05) is 47.4 Å². The topological polar surface area (TPSA) is 44.9 Å². The molecule has 232 valence electrons. The van der Waals surface area contributed by atoms with Crippen molar-refractivity contribution in [2.24, 2.45) is 0 Å². The van der Waals surface area contributed by atoms with E-state index in [1.165, 1.54) is 22.3 Å². The number of rotatable bonds is 7. The fraction of sp³-hybridized carbons (Fsp3) is 0.200. The van der Waals surface area contributed by atoms with E-state index in [4.69, 9.17) is 9.84 Å². The Kier molecular flexibility index (Phi) is 8.72. The predicted octanol–water partition coefficient (Wildman–Crippen LogP) is 10.3. The van der Waals surface area contributed by atoms with Gasteiger partial charge in [0.1, 0.15) is 5.82 Å². The largest absolute Gasteiger partial charge is 2.00 e. The molecule has 46 heavy (non-hydrogen) atoms. The summed E-state index contributed by atoms with van der Waals surface area (Å²) in [6.07, 6.45) is 5.91. The second-order valence-electron chi connectivity index (χ2n) is 12.4. The molecular weight excluding hydrogens is 748 g/mol. The molecule has 0 spiro atoms. The molecule has 0 unspecified atom stereocenters. The van der Waals surface area contributed by atoms with Gasteiger partial charge in [-0.1, -0.05) is 69.1 Å². The van der Waals surface area contributed by atoms with Crippen molar-refractivity contribution in [3.05, 3.63) is 132 Å². The molecule has 0 fully saturated rings. The van der Waals surface area contributed by atoms with Gasteiger partial charge in [0.25, 0.3) is 0 Å². The maximum atomic E-state index is 6.38. The van der Waals surface area contributed by atoms with Crippen molar-refractivity contribution in [3.63, 3.8) is 0 Å². The van der Waals surface area contributed by atoms with E-state index in [0.717, 1.165) is 44.4 Å². The van der Waals surface area contributed by atoms with Gasteiger partial charge in [0, 0.05) is 35.0 Å². The van der Waals surface area contributed by atoms with E-state index in [2.05, 4.69) is 118 Å². The van der Waals surface area contributed by atoms with Gasteiger partial charge in [0.2, 0.25) is 0 Å². The Balaban J connectivity index is 0.00000372. The zero-order chi connectivity index (χ0) is 31.2. The van der Waals surface area contributed by atoms with Crippen molar-refractivity contribution in [2.75, 3.05) is 0 Å². The molecule has 0 aliphatic carbocycles. The molecule has 0 radical (unpaired) electrons. The fourth-order valence-corrected chi connectivity index (χ4v) is 6.23. The van der Waals surface area contributed by atoms with E-state index in [-0.39, 0.29) is 21.1 Å². The third kappa shape index (κ3) is 5.81. The van der Waals surface area contributed by atoms with Crippen LogP contribution in [0.25, 0.3) is 44.4 Å². The summed E-state index contributed by atoms with van der Waals surface area (Å²) in [5.41, 5.74) is 10.3. The summed E-state index contributed by atoms with van der Waals surface area (Å²) < 4.78 is 10.4. The number of hydrogen-bond donors (Lipinski definition) is 0. The normalized spacial score (nSPS) is 11.5. The summed E-state index contributed by atoms with van der Waals surface area (Å²) in [4.78, 5) is 4.69. The smallest absolute Gasteiger partial charge is 0.509 e. The SMILES string of the molecule is Cc1ccnc(-n2c3[c-]c(Oc4[c-]c(-n5cc(-c6c(C(C)C)cc(C)cc6C(C)C)cn5)ccc4)ccc3c3ccccc32)c1.[Pt+2]. The zero-order valence-electron chi connectivity index (χ0n) is 26.9. The van der Waals surface area contributed by atoms with Gasteiger partial charge in [0.05, 0.1) is 6.20 Å². The van der Waals surface area contributed by atoms with Crippen molar-refractivity contribution < 1.29 is 25.8 Å². The number of para-hydroxylation sites is 1. The van der Waals surface area contributed by atoms with Crippen molar-refractivity contribution in [2.45, 2.75) is 53.4 Å². The number of ether oxygens (including phenoxy) is 1. The quantitative estimate of drug-likeness (QED) is 0.151. The Bertz CT molecular complexity index is 2160. The van der Waals surface area contributed by atoms with Gasteiger partial charge in [-0.3, -0.25) is 4.68 Å². The van der Waals surface area contributed by atoms with E-state index in [1.54, 1.807) is 0 Å². The molecule has 4 aromatic carbocycles. The van der Waals surface area contributed by atoms with Crippen LogP contribution in [0, 0.1) is 26.0 Å². The molecule has 0 N–H and O–H groups in total. The van der Waals surface area contributed by atoms with Crippen LogP contribution >= 0.6 is 0 Å². The Hall–Kier alpha value is -4.47. The molecule has 0 aliphatic rings. The first-order chi connectivity index (χ1) is 21.8. The van der Waals surface area contributed by atoms with E-state index >= 15 is 0 Å². The number of benzene rings is 4. The third-order valence-electron chi connectivity index (χ3n) is 8.37. The number of aryl methyl sites for hydroxylation is 2. The van der Waals surface area contributed by atoms with Gasteiger partial charge in [-0.15, -0.1) is 35.7 Å². The van der Waals surface area contributed by atoms with Crippen molar-refractivity contribution >= 4 is 21.8 Å². The van der Waals surface area contributed by atoms with Gasteiger partial charge in [-0.2, -0.15) is 17.2 Å². The molecule has 6 heteroatoms. The summed E-state index contributed by atoms with van der Waals surface area (Å²) in [5, 5.41) is 7.01. The molecule has 3 heterocycles. The number of fused-ring (bicyclic) bond motifs is 3. The average molecular weight is 784 g/mol. The summed E-state index contributed by atoms with van der Waals surface area (Å²) in [7, 11) is 0. The molecule has 0 bridgehead atoms. The fourth-order valence-electron chi connectivity index (χ4n) is 6.23. The summed E-state index contributed by atoms with van der Waals surface area (Å²) in [5.74, 6) is 2.86. The van der Waals surface area contributed by atoms with Gasteiger partial charge in [-0.05, 0) is 77.2 Å². The zero-order valence-corrected chi connectivity index (χ0v) is 29.2. The second-order valence-corrected chi connectivity index (χ2v) is 12.4. The second kappa shape index (κ2) is 12.7. The van der Waals surface area contributed by atoms with Crippen molar-refractivity contribution in [1.29, 1.82) is 0 Å². The van der Waals surface area contributed by atoms with Gasteiger partial charge < -0.3 is 9.30 Å². The van der Waals surface area contributed by atoms with E-state index in [9.17, 15) is 0 Å². The van der Waals surface area contributed by atoms with Crippen LogP contribution in [0.2, 0.25) is 0 Å². The first kappa shape index (κ1) is 31.5. The molecule has 0 saturated carbocycles. The van der Waals surface area contributed by atoms with Crippen LogP contribution in [0.4, 0.5) is 0 Å². The van der Waals surface area contributed by atoms with Crippen LogP contribution in [0.3, 0.4) is 0 Å². The minimum absolute atomic E-state index is 0. The van der Waals surface area contributed by atoms with E-state index in [0.29, 0.717) is 23.3 Å². The Labute approximate surface area is 285 Å². The standard InChI is InChI=1S/C40H36N4O.Pt/c1-25(2)35-18-28(6)19-36(26(3)4)40(35)29-23-42-43(24-29)30-10-9-11-31(21-30)45-32-14-15-34-33-12-7-8-13-37(33)44(38(34)22-32)39-20-27(5)16-17-41-39;/h7-20,23-26H,1-6H3;/q-2;+2. The van der Waals surface area contributed by atoms with Crippen LogP contribution < -0.4 is 4.74 Å². The Morgan fingerprint density at radius 1 is 0.739 bits per heavy atom. The summed E-state index contributed by atoms with van der Waals surface area (Å²) in [6, 6.07) is 34.0. The average Bonchev–Trinajstić information content (AvgIpc) is 3.64. The van der Waals surface area contributed by atoms with Crippen LogP contribution in [-0.4, -0.2) is 19.3 Å². The molecule has 0 saturated heterocycles. The third-order valence-corrected chi connectivity index (χ3v) is 8.37. The minimum atomic E-state index is 0. The van der Waals surface area contributed by atoms with Crippen molar-refractivity contribution in [1.82, 2.24) is 19.3 Å². The van der Waals surface area contributed by atoms with Crippen LogP contribution in [-0.2, 0) is 21.1 Å². The number of hydrogen-bond acceptors (Lipinski definition) is 3. The molecular formula is C40H36N4OPt. The Morgan fingerprint density at radius 3 is 2.22 bits per heavy atom. The van der Waals surface area contributed by atoms with E-state index < -0.39 is 0 Å². The summed E-state index contributed by atoms with van der Waals surface area (Å²) >= 11 is 0. The van der Waals surface area contributed by atoms with Crippen LogP contribution in [0.5, 0.6) is 11.5 Å². The Morgan fingerprint density at radius 2 is 1.48 bits per heavy atom. The molecule has 0 atom stereocenters. The van der Waals surface area contributed by atoms with Crippen LogP contribution in [0.15, 0.2) is 97.5 Å². The molecule has 7 rings (SSSR count). The van der Waals surface area contributed by atoms with Gasteiger partial charge in [-0.25, -0.2) is 4.98 Å². The molecule has 7 aromatic rings. The van der Waals surface area contributed by atoms with Crippen LogP contribution in [0.1, 0.15) is 61.8 Å².